The van der Waals surface area contributed by atoms with Crippen molar-refractivity contribution < 1.29 is 9.18 Å². The van der Waals surface area contributed by atoms with Crippen molar-refractivity contribution in [3.05, 3.63) is 53.6 Å². The van der Waals surface area contributed by atoms with E-state index in [1.807, 2.05) is 18.3 Å². The molecule has 1 unspecified atom stereocenters. The third kappa shape index (κ3) is 2.05. The number of anilines is 1. The number of carbonyl (C=O) groups excluding carboxylic acids is 1. The third-order valence-corrected chi connectivity index (χ3v) is 3.78. The predicted molar refractivity (Wildman–Crippen MR) is 74.6 cm³/mol. The van der Waals surface area contributed by atoms with Crippen LogP contribution < -0.4 is 5.73 Å². The van der Waals surface area contributed by atoms with Gasteiger partial charge >= 0.3 is 0 Å². The highest BCUT2D eigenvalue weighted by Crippen LogP contribution is 2.33. The molecule has 1 aromatic heterocycles. The number of nitrogens with zero attached hydrogens (tertiary/aromatic N) is 1. The fraction of sp³-hybridized carbons (Fsp3) is 0.267. The predicted octanol–water partition coefficient (Wildman–Crippen LogP) is 2.71. The minimum Gasteiger partial charge on any atom is -0.396 e. The zero-order valence-corrected chi connectivity index (χ0v) is 11.0. The number of para-hydroxylation sites is 1. The second kappa shape index (κ2) is 5.00. The molecule has 0 spiro atoms. The Labute approximate surface area is 116 Å². The fourth-order valence-electron chi connectivity index (χ4n) is 2.76. The van der Waals surface area contributed by atoms with E-state index in [2.05, 4.69) is 4.98 Å². The number of amides is 1. The van der Waals surface area contributed by atoms with Gasteiger partial charge in [0.25, 0.3) is 5.91 Å². The Hall–Kier alpha value is -2.30. The number of likely N-dealkylation sites (tertiary alicyclic amines) is 1. The minimum absolute atomic E-state index is 0.0140. The summed E-state index contributed by atoms with van der Waals surface area (Å²) in [4.78, 5) is 17.5. The third-order valence-electron chi connectivity index (χ3n) is 3.78. The normalized spacial score (nSPS) is 18.4. The standard InChI is InChI=1S/C15H16FN3O/c16-11-5-1-4-10(14(11)17)15(20)19-9-3-7-13(19)12-6-2-8-18-12/h1-2,4-6,8,13,18H,3,7,9,17H2. The lowest BCUT2D eigenvalue weighted by atomic mass is 10.1. The molecule has 3 rings (SSSR count). The topological polar surface area (TPSA) is 62.1 Å². The van der Waals surface area contributed by atoms with E-state index in [9.17, 15) is 9.18 Å². The quantitative estimate of drug-likeness (QED) is 0.826. The zero-order chi connectivity index (χ0) is 14.1. The Morgan fingerprint density at radius 2 is 2.20 bits per heavy atom. The smallest absolute Gasteiger partial charge is 0.256 e. The number of aromatic nitrogens is 1. The van der Waals surface area contributed by atoms with Gasteiger partial charge in [0.1, 0.15) is 5.82 Å². The van der Waals surface area contributed by atoms with Crippen LogP contribution in [0.15, 0.2) is 36.5 Å². The van der Waals surface area contributed by atoms with Crippen LogP contribution in [0.3, 0.4) is 0 Å². The minimum atomic E-state index is -0.550. The number of nitrogens with two attached hydrogens (primary N) is 1. The largest absolute Gasteiger partial charge is 0.396 e. The molecule has 1 aromatic carbocycles. The number of H-pyrrole nitrogens is 1. The van der Waals surface area contributed by atoms with E-state index in [1.165, 1.54) is 12.1 Å². The lowest BCUT2D eigenvalue weighted by molar-refractivity contribution is 0.0734. The summed E-state index contributed by atoms with van der Waals surface area (Å²) in [6.07, 6.45) is 3.68. The Morgan fingerprint density at radius 3 is 2.95 bits per heavy atom. The van der Waals surface area contributed by atoms with Gasteiger partial charge in [-0.25, -0.2) is 4.39 Å². The molecule has 1 aliphatic rings. The van der Waals surface area contributed by atoms with Crippen molar-refractivity contribution in [3.63, 3.8) is 0 Å². The molecule has 1 aliphatic heterocycles. The molecule has 0 radical (unpaired) electrons. The van der Waals surface area contributed by atoms with E-state index in [0.717, 1.165) is 18.5 Å². The summed E-state index contributed by atoms with van der Waals surface area (Å²) < 4.78 is 13.5. The first-order chi connectivity index (χ1) is 9.68. The van der Waals surface area contributed by atoms with Crippen LogP contribution in [0.5, 0.6) is 0 Å². The van der Waals surface area contributed by atoms with Gasteiger partial charge in [-0.2, -0.15) is 0 Å². The molecular formula is C15H16FN3O. The second-order valence-corrected chi connectivity index (χ2v) is 4.98. The Morgan fingerprint density at radius 1 is 1.35 bits per heavy atom. The maximum absolute atomic E-state index is 13.5. The summed E-state index contributed by atoms with van der Waals surface area (Å²) in [5.41, 5.74) is 6.86. The second-order valence-electron chi connectivity index (χ2n) is 4.98. The van der Waals surface area contributed by atoms with Crippen molar-refractivity contribution in [2.24, 2.45) is 0 Å². The average Bonchev–Trinajstić information content (AvgIpc) is 3.10. The van der Waals surface area contributed by atoms with Crippen LogP contribution in [0.1, 0.15) is 34.9 Å². The van der Waals surface area contributed by atoms with Crippen LogP contribution >= 0.6 is 0 Å². The molecule has 0 aliphatic carbocycles. The Kier molecular flexibility index (Phi) is 3.18. The van der Waals surface area contributed by atoms with Crippen LogP contribution in [0.2, 0.25) is 0 Å². The SMILES string of the molecule is Nc1c(F)cccc1C(=O)N1CCCC1c1ccc[nH]1. The Bertz CT molecular complexity index is 624. The highest BCUT2D eigenvalue weighted by Gasteiger charge is 2.32. The molecular weight excluding hydrogens is 257 g/mol. The molecule has 1 fully saturated rings. The van der Waals surface area contributed by atoms with E-state index in [-0.39, 0.29) is 23.2 Å². The summed E-state index contributed by atoms with van der Waals surface area (Å²) in [5.74, 6) is -0.759. The fourth-order valence-corrected chi connectivity index (χ4v) is 2.76. The van der Waals surface area contributed by atoms with Gasteiger partial charge < -0.3 is 15.6 Å². The highest BCUT2D eigenvalue weighted by atomic mass is 19.1. The summed E-state index contributed by atoms with van der Waals surface area (Å²) in [5, 5.41) is 0. The van der Waals surface area contributed by atoms with Gasteiger partial charge in [-0.05, 0) is 37.1 Å². The summed E-state index contributed by atoms with van der Waals surface area (Å²) in [6.45, 7) is 0.665. The van der Waals surface area contributed by atoms with Crippen molar-refractivity contribution >= 4 is 11.6 Å². The van der Waals surface area contributed by atoms with Gasteiger partial charge in [0.15, 0.2) is 0 Å². The molecule has 4 nitrogen and oxygen atoms in total. The van der Waals surface area contributed by atoms with Crippen molar-refractivity contribution in [3.8, 4) is 0 Å². The van der Waals surface area contributed by atoms with Crippen LogP contribution in [0, 0.1) is 5.82 Å². The zero-order valence-electron chi connectivity index (χ0n) is 11.0. The van der Waals surface area contributed by atoms with Gasteiger partial charge in [0.05, 0.1) is 17.3 Å². The van der Waals surface area contributed by atoms with Crippen LogP contribution in [-0.2, 0) is 0 Å². The molecule has 20 heavy (non-hydrogen) atoms. The molecule has 0 saturated carbocycles. The molecule has 104 valence electrons. The van der Waals surface area contributed by atoms with Crippen molar-refractivity contribution in [1.29, 1.82) is 0 Å². The van der Waals surface area contributed by atoms with E-state index < -0.39 is 5.82 Å². The lowest BCUT2D eigenvalue weighted by Crippen LogP contribution is -2.31. The van der Waals surface area contributed by atoms with Crippen molar-refractivity contribution in [1.82, 2.24) is 9.88 Å². The molecule has 1 saturated heterocycles. The molecule has 1 amide bonds. The van der Waals surface area contributed by atoms with Crippen LogP contribution in [0.4, 0.5) is 10.1 Å². The van der Waals surface area contributed by atoms with Crippen molar-refractivity contribution in [2.45, 2.75) is 18.9 Å². The first kappa shape index (κ1) is 12.7. The van der Waals surface area contributed by atoms with Crippen molar-refractivity contribution in [2.75, 3.05) is 12.3 Å². The first-order valence-electron chi connectivity index (χ1n) is 6.66. The van der Waals surface area contributed by atoms with Crippen LogP contribution in [-0.4, -0.2) is 22.3 Å². The van der Waals surface area contributed by atoms with Gasteiger partial charge in [-0.3, -0.25) is 4.79 Å². The Balaban J connectivity index is 1.92. The maximum atomic E-state index is 13.5. The summed E-state index contributed by atoms with van der Waals surface area (Å²) >= 11 is 0. The summed E-state index contributed by atoms with van der Waals surface area (Å²) in [7, 11) is 0. The van der Waals surface area contributed by atoms with E-state index in [0.29, 0.717) is 6.54 Å². The lowest BCUT2D eigenvalue weighted by Gasteiger charge is -2.24. The van der Waals surface area contributed by atoms with Gasteiger partial charge in [0.2, 0.25) is 0 Å². The van der Waals surface area contributed by atoms with E-state index in [1.54, 1.807) is 11.0 Å². The van der Waals surface area contributed by atoms with Gasteiger partial charge in [0, 0.05) is 18.4 Å². The molecule has 3 N–H and O–H groups in total. The number of benzene rings is 1. The number of aromatic amines is 1. The number of halogens is 1. The maximum Gasteiger partial charge on any atom is 0.256 e. The number of hydrogen-bond acceptors (Lipinski definition) is 2. The first-order valence-corrected chi connectivity index (χ1v) is 6.66. The number of rotatable bonds is 2. The highest BCUT2D eigenvalue weighted by molar-refractivity contribution is 5.99. The molecule has 0 bridgehead atoms. The average molecular weight is 273 g/mol. The van der Waals surface area contributed by atoms with E-state index in [4.69, 9.17) is 5.73 Å². The monoisotopic (exact) mass is 273 g/mol. The van der Waals surface area contributed by atoms with Gasteiger partial charge in [-0.1, -0.05) is 6.07 Å². The molecule has 2 aromatic rings. The number of carbonyl (C=O) groups is 1. The number of hydrogen-bond donors (Lipinski definition) is 2. The molecule has 2 heterocycles. The van der Waals surface area contributed by atoms with Crippen LogP contribution in [0.25, 0.3) is 0 Å². The van der Waals surface area contributed by atoms with Gasteiger partial charge in [-0.15, -0.1) is 0 Å². The number of nitrogen functional groups attached to an aromatic ring is 1. The molecule has 1 atom stereocenters. The summed E-state index contributed by atoms with van der Waals surface area (Å²) in [6, 6.07) is 8.24. The number of nitrogens with one attached hydrogen (secondary N) is 1. The van der Waals surface area contributed by atoms with E-state index >= 15 is 0 Å². The molecule has 5 heteroatoms.